The van der Waals surface area contributed by atoms with E-state index in [1.165, 1.54) is 11.3 Å². The summed E-state index contributed by atoms with van der Waals surface area (Å²) in [6.07, 6.45) is 0.960. The Morgan fingerprint density at radius 3 is 2.89 bits per heavy atom. The van der Waals surface area contributed by atoms with Gasteiger partial charge in [-0.15, -0.1) is 0 Å². The van der Waals surface area contributed by atoms with Crippen LogP contribution in [0.15, 0.2) is 18.2 Å². The van der Waals surface area contributed by atoms with E-state index in [1.807, 2.05) is 12.1 Å². The summed E-state index contributed by atoms with van der Waals surface area (Å²) in [5, 5.41) is 10.3. The van der Waals surface area contributed by atoms with E-state index in [0.29, 0.717) is 11.6 Å². The molecule has 100 valence electrons. The maximum atomic E-state index is 11.3. The number of aromatic amines is 1. The zero-order chi connectivity index (χ0) is 13.6. The number of nitrogens with one attached hydrogen (secondary N) is 1. The minimum Gasteiger partial charge on any atom is -0.478 e. The minimum atomic E-state index is -0.870. The fraction of sp³-hybridized carbons (Fsp3) is 0.400. The third-order valence-corrected chi connectivity index (χ3v) is 4.00. The molecule has 3 rings (SSSR count). The first-order chi connectivity index (χ1) is 9.08. The van der Waals surface area contributed by atoms with Gasteiger partial charge in [0, 0.05) is 36.6 Å². The molecule has 2 aromatic rings. The highest BCUT2D eigenvalue weighted by atomic mass is 16.4. The van der Waals surface area contributed by atoms with Gasteiger partial charge in [-0.1, -0.05) is 12.1 Å². The average molecular weight is 258 g/mol. The summed E-state index contributed by atoms with van der Waals surface area (Å²) in [5.74, 6) is -0.870. The number of rotatable bonds is 2. The van der Waals surface area contributed by atoms with Gasteiger partial charge in [-0.05, 0) is 25.5 Å². The van der Waals surface area contributed by atoms with Crippen molar-refractivity contribution in [3.63, 3.8) is 0 Å². The summed E-state index contributed by atoms with van der Waals surface area (Å²) in [4.78, 5) is 17.0. The number of carbonyl (C=O) groups is 1. The number of H-pyrrole nitrogens is 1. The fourth-order valence-corrected chi connectivity index (χ4v) is 2.88. The average Bonchev–Trinajstić information content (AvgIpc) is 2.75. The number of para-hydroxylation sites is 1. The van der Waals surface area contributed by atoms with Crippen molar-refractivity contribution in [2.24, 2.45) is 0 Å². The summed E-state index contributed by atoms with van der Waals surface area (Å²) in [7, 11) is 0. The molecule has 2 N–H and O–H groups in total. The lowest BCUT2D eigenvalue weighted by atomic mass is 10.0. The second-order valence-electron chi connectivity index (χ2n) is 5.43. The standard InChI is InChI=1S/C15H18N2O2/c1-9(2)17-7-6-13-12(8-17)10-4-3-5-11(15(18)19)14(10)16-13/h3-5,9,16H,6-8H2,1-2H3,(H,18,19). The Morgan fingerprint density at radius 1 is 1.42 bits per heavy atom. The van der Waals surface area contributed by atoms with Crippen molar-refractivity contribution in [2.45, 2.75) is 32.9 Å². The van der Waals surface area contributed by atoms with E-state index in [0.717, 1.165) is 30.4 Å². The molecule has 2 heterocycles. The molecule has 0 spiro atoms. The maximum absolute atomic E-state index is 11.3. The Labute approximate surface area is 112 Å². The van der Waals surface area contributed by atoms with Crippen LogP contribution in [-0.4, -0.2) is 33.5 Å². The molecule has 0 unspecified atom stereocenters. The molecule has 0 aliphatic carbocycles. The Balaban J connectivity index is 2.15. The summed E-state index contributed by atoms with van der Waals surface area (Å²) >= 11 is 0. The summed E-state index contributed by atoms with van der Waals surface area (Å²) < 4.78 is 0. The molecule has 0 bridgehead atoms. The highest BCUT2D eigenvalue weighted by Gasteiger charge is 2.23. The fourth-order valence-electron chi connectivity index (χ4n) is 2.88. The number of aromatic nitrogens is 1. The van der Waals surface area contributed by atoms with E-state index in [1.54, 1.807) is 6.07 Å². The molecule has 4 nitrogen and oxygen atoms in total. The maximum Gasteiger partial charge on any atom is 0.337 e. The molecule has 1 aliphatic heterocycles. The molecule has 0 atom stereocenters. The number of hydrogen-bond acceptors (Lipinski definition) is 2. The molecule has 4 heteroatoms. The highest BCUT2D eigenvalue weighted by Crippen LogP contribution is 2.30. The number of aromatic carboxylic acids is 1. The van der Waals surface area contributed by atoms with Crippen molar-refractivity contribution in [3.8, 4) is 0 Å². The lowest BCUT2D eigenvalue weighted by molar-refractivity contribution is 0.0699. The van der Waals surface area contributed by atoms with Gasteiger partial charge in [0.25, 0.3) is 0 Å². The SMILES string of the molecule is CC(C)N1CCc2[nH]c3c(C(=O)O)cccc3c2C1. The van der Waals surface area contributed by atoms with Crippen LogP contribution < -0.4 is 0 Å². The van der Waals surface area contributed by atoms with Gasteiger partial charge in [-0.25, -0.2) is 4.79 Å². The zero-order valence-corrected chi connectivity index (χ0v) is 11.2. The Bertz CT molecular complexity index is 643. The van der Waals surface area contributed by atoms with Gasteiger partial charge in [-0.3, -0.25) is 4.90 Å². The van der Waals surface area contributed by atoms with E-state index in [9.17, 15) is 9.90 Å². The predicted octanol–water partition coefficient (Wildman–Crippen LogP) is 2.63. The van der Waals surface area contributed by atoms with E-state index in [4.69, 9.17) is 0 Å². The third-order valence-electron chi connectivity index (χ3n) is 4.00. The molecular weight excluding hydrogens is 240 g/mol. The molecule has 1 aromatic carbocycles. The topological polar surface area (TPSA) is 56.3 Å². The Hall–Kier alpha value is -1.81. The first kappa shape index (κ1) is 12.2. The molecule has 0 radical (unpaired) electrons. The molecule has 0 fully saturated rings. The van der Waals surface area contributed by atoms with Crippen molar-refractivity contribution >= 4 is 16.9 Å². The van der Waals surface area contributed by atoms with Crippen LogP contribution in [0, 0.1) is 0 Å². The number of carboxylic acid groups (broad SMARTS) is 1. The molecular formula is C15H18N2O2. The molecule has 0 saturated carbocycles. The van der Waals surface area contributed by atoms with E-state index in [2.05, 4.69) is 23.7 Å². The lowest BCUT2D eigenvalue weighted by Gasteiger charge is -2.30. The van der Waals surface area contributed by atoms with Crippen molar-refractivity contribution in [2.75, 3.05) is 6.54 Å². The minimum absolute atomic E-state index is 0.364. The summed E-state index contributed by atoms with van der Waals surface area (Å²) in [6, 6.07) is 6.02. The normalized spacial score (nSPS) is 15.9. The number of benzene rings is 1. The molecule has 0 amide bonds. The summed E-state index contributed by atoms with van der Waals surface area (Å²) in [5.41, 5.74) is 3.59. The lowest BCUT2D eigenvalue weighted by Crippen LogP contribution is -2.35. The smallest absolute Gasteiger partial charge is 0.337 e. The van der Waals surface area contributed by atoms with Crippen molar-refractivity contribution in [1.82, 2.24) is 9.88 Å². The monoisotopic (exact) mass is 258 g/mol. The first-order valence-electron chi connectivity index (χ1n) is 6.67. The van der Waals surface area contributed by atoms with Gasteiger partial charge in [-0.2, -0.15) is 0 Å². The molecule has 1 aliphatic rings. The van der Waals surface area contributed by atoms with Crippen LogP contribution in [0.25, 0.3) is 10.9 Å². The van der Waals surface area contributed by atoms with E-state index < -0.39 is 5.97 Å². The zero-order valence-electron chi connectivity index (χ0n) is 11.2. The number of nitrogens with zero attached hydrogens (tertiary/aromatic N) is 1. The van der Waals surface area contributed by atoms with Crippen LogP contribution in [-0.2, 0) is 13.0 Å². The quantitative estimate of drug-likeness (QED) is 0.870. The van der Waals surface area contributed by atoms with Gasteiger partial charge >= 0.3 is 5.97 Å². The first-order valence-corrected chi connectivity index (χ1v) is 6.67. The Kier molecular flexibility index (Phi) is 2.82. The number of hydrogen-bond donors (Lipinski definition) is 2. The summed E-state index contributed by atoms with van der Waals surface area (Å²) in [6.45, 7) is 6.32. The van der Waals surface area contributed by atoms with Gasteiger partial charge in [0.15, 0.2) is 0 Å². The largest absolute Gasteiger partial charge is 0.478 e. The van der Waals surface area contributed by atoms with Crippen molar-refractivity contribution in [1.29, 1.82) is 0 Å². The number of fused-ring (bicyclic) bond motifs is 3. The van der Waals surface area contributed by atoms with Crippen LogP contribution in [0.1, 0.15) is 35.5 Å². The van der Waals surface area contributed by atoms with E-state index in [-0.39, 0.29) is 0 Å². The van der Waals surface area contributed by atoms with Gasteiger partial charge in [0.2, 0.25) is 0 Å². The second-order valence-corrected chi connectivity index (χ2v) is 5.43. The molecule has 1 aromatic heterocycles. The second kappa shape index (κ2) is 4.38. The Morgan fingerprint density at radius 2 is 2.21 bits per heavy atom. The molecule has 0 saturated heterocycles. The third kappa shape index (κ3) is 1.92. The van der Waals surface area contributed by atoms with Crippen LogP contribution >= 0.6 is 0 Å². The molecule has 19 heavy (non-hydrogen) atoms. The van der Waals surface area contributed by atoms with Crippen LogP contribution in [0.5, 0.6) is 0 Å². The van der Waals surface area contributed by atoms with Gasteiger partial charge in [0.05, 0.1) is 11.1 Å². The van der Waals surface area contributed by atoms with Crippen molar-refractivity contribution in [3.05, 3.63) is 35.0 Å². The van der Waals surface area contributed by atoms with Crippen LogP contribution in [0.2, 0.25) is 0 Å². The van der Waals surface area contributed by atoms with Gasteiger partial charge in [0.1, 0.15) is 0 Å². The van der Waals surface area contributed by atoms with Crippen LogP contribution in [0.3, 0.4) is 0 Å². The highest BCUT2D eigenvalue weighted by molar-refractivity contribution is 6.03. The van der Waals surface area contributed by atoms with Crippen LogP contribution in [0.4, 0.5) is 0 Å². The van der Waals surface area contributed by atoms with E-state index >= 15 is 0 Å². The van der Waals surface area contributed by atoms with Gasteiger partial charge < -0.3 is 10.1 Å². The predicted molar refractivity (Wildman–Crippen MR) is 74.5 cm³/mol. The number of carboxylic acids is 1. The van der Waals surface area contributed by atoms with Crippen molar-refractivity contribution < 1.29 is 9.90 Å².